The molecule has 2 rings (SSSR count). The largest absolute Gasteiger partial charge is 0.461 e. The van der Waals surface area contributed by atoms with Crippen molar-refractivity contribution >= 4 is 23.5 Å². The molecule has 5 nitrogen and oxygen atoms in total. The first-order valence-corrected chi connectivity index (χ1v) is 5.69. The van der Waals surface area contributed by atoms with Gasteiger partial charge in [0.2, 0.25) is 17.5 Å². The van der Waals surface area contributed by atoms with E-state index in [-0.39, 0.29) is 24.1 Å². The van der Waals surface area contributed by atoms with Crippen molar-refractivity contribution in [3.63, 3.8) is 0 Å². The molecule has 0 amide bonds. The second kappa shape index (κ2) is 5.10. The zero-order chi connectivity index (χ0) is 13.1. The molecule has 0 aliphatic carbocycles. The molecule has 0 radical (unpaired) electrons. The molecule has 2 N–H and O–H groups in total. The van der Waals surface area contributed by atoms with E-state index in [1.165, 1.54) is 0 Å². The summed E-state index contributed by atoms with van der Waals surface area (Å²) in [6.45, 7) is 1.95. The summed E-state index contributed by atoms with van der Waals surface area (Å²) in [7, 11) is 0. The van der Waals surface area contributed by atoms with Crippen molar-refractivity contribution in [1.29, 1.82) is 0 Å². The fourth-order valence-corrected chi connectivity index (χ4v) is 1.61. The highest BCUT2D eigenvalue weighted by Crippen LogP contribution is 2.26. The topological polar surface area (TPSA) is 78.3 Å². The van der Waals surface area contributed by atoms with Crippen LogP contribution in [0, 0.1) is 0 Å². The lowest BCUT2D eigenvalue weighted by atomic mass is 10.2. The first kappa shape index (κ1) is 12.4. The number of carbonyl (C=O) groups excluding carboxylic acids is 1. The highest BCUT2D eigenvalue weighted by Gasteiger charge is 2.19. The molecule has 1 aromatic heterocycles. The van der Waals surface area contributed by atoms with Crippen molar-refractivity contribution in [1.82, 2.24) is 4.98 Å². The summed E-state index contributed by atoms with van der Waals surface area (Å²) in [6.07, 6.45) is 0. The number of aromatic nitrogens is 1. The minimum atomic E-state index is -0.605. The zero-order valence-electron chi connectivity index (χ0n) is 9.64. The summed E-state index contributed by atoms with van der Waals surface area (Å²) < 4.78 is 10.0. The van der Waals surface area contributed by atoms with E-state index in [4.69, 9.17) is 26.5 Å². The fraction of sp³-hybridized carbons (Fsp3) is 0.167. The van der Waals surface area contributed by atoms with E-state index < -0.39 is 5.97 Å². The maximum absolute atomic E-state index is 11.5. The molecule has 1 heterocycles. The van der Waals surface area contributed by atoms with Gasteiger partial charge in [-0.05, 0) is 25.1 Å². The average molecular weight is 267 g/mol. The van der Waals surface area contributed by atoms with Crippen LogP contribution in [0.15, 0.2) is 28.7 Å². The minimum Gasteiger partial charge on any atom is -0.461 e. The van der Waals surface area contributed by atoms with Crippen LogP contribution < -0.4 is 5.73 Å². The van der Waals surface area contributed by atoms with Gasteiger partial charge in [0.1, 0.15) is 0 Å². The lowest BCUT2D eigenvalue weighted by Crippen LogP contribution is -2.07. The standard InChI is InChI=1S/C12H11ClN2O3/c1-2-17-12(16)9-10(14)18-11(15-9)7-4-3-5-8(13)6-7/h3-6H,2,14H2,1H3. The number of ether oxygens (including phenoxy) is 1. The molecule has 0 saturated heterocycles. The molecule has 0 atom stereocenters. The van der Waals surface area contributed by atoms with Crippen LogP contribution in [-0.4, -0.2) is 17.6 Å². The molecule has 6 heteroatoms. The van der Waals surface area contributed by atoms with Gasteiger partial charge in [0, 0.05) is 10.6 Å². The molecule has 0 aliphatic rings. The Kier molecular flexibility index (Phi) is 3.53. The van der Waals surface area contributed by atoms with Crippen LogP contribution >= 0.6 is 11.6 Å². The van der Waals surface area contributed by atoms with Gasteiger partial charge >= 0.3 is 5.97 Å². The molecule has 2 aromatic rings. The Morgan fingerprint density at radius 1 is 1.56 bits per heavy atom. The Hall–Kier alpha value is -2.01. The number of carbonyl (C=O) groups is 1. The highest BCUT2D eigenvalue weighted by atomic mass is 35.5. The molecule has 0 bridgehead atoms. The van der Waals surface area contributed by atoms with E-state index in [1.54, 1.807) is 31.2 Å². The SMILES string of the molecule is CCOC(=O)c1nc(-c2cccc(Cl)c2)oc1N. The third-order valence-corrected chi connectivity index (χ3v) is 2.43. The van der Waals surface area contributed by atoms with E-state index in [2.05, 4.69) is 4.98 Å². The molecular formula is C12H11ClN2O3. The number of nitrogen functional groups attached to an aromatic ring is 1. The van der Waals surface area contributed by atoms with Crippen molar-refractivity contribution in [3.8, 4) is 11.5 Å². The summed E-state index contributed by atoms with van der Waals surface area (Å²) in [6, 6.07) is 6.90. The van der Waals surface area contributed by atoms with E-state index in [1.807, 2.05) is 0 Å². The van der Waals surface area contributed by atoms with Gasteiger partial charge in [-0.2, -0.15) is 4.98 Å². The molecule has 0 saturated carbocycles. The zero-order valence-corrected chi connectivity index (χ0v) is 10.4. The number of oxazole rings is 1. The highest BCUT2D eigenvalue weighted by molar-refractivity contribution is 6.30. The van der Waals surface area contributed by atoms with Gasteiger partial charge < -0.3 is 14.9 Å². The number of rotatable bonds is 3. The Labute approximate surface area is 109 Å². The summed E-state index contributed by atoms with van der Waals surface area (Å²) in [5, 5.41) is 0.543. The number of esters is 1. The first-order valence-electron chi connectivity index (χ1n) is 5.31. The number of benzene rings is 1. The second-order valence-electron chi connectivity index (χ2n) is 3.46. The van der Waals surface area contributed by atoms with Gasteiger partial charge in [-0.3, -0.25) is 0 Å². The van der Waals surface area contributed by atoms with Gasteiger partial charge in [-0.1, -0.05) is 17.7 Å². The fourth-order valence-electron chi connectivity index (χ4n) is 1.42. The number of hydrogen-bond acceptors (Lipinski definition) is 5. The van der Waals surface area contributed by atoms with E-state index in [0.717, 1.165) is 0 Å². The predicted molar refractivity (Wildman–Crippen MR) is 67.3 cm³/mol. The number of nitrogens with zero attached hydrogens (tertiary/aromatic N) is 1. The number of nitrogens with two attached hydrogens (primary N) is 1. The van der Waals surface area contributed by atoms with Crippen molar-refractivity contribution in [2.75, 3.05) is 12.3 Å². The molecule has 18 heavy (non-hydrogen) atoms. The lowest BCUT2D eigenvalue weighted by molar-refractivity contribution is 0.0521. The maximum atomic E-state index is 11.5. The smallest absolute Gasteiger partial charge is 0.362 e. The van der Waals surface area contributed by atoms with Crippen LogP contribution in [0.5, 0.6) is 0 Å². The van der Waals surface area contributed by atoms with Crippen LogP contribution in [0.1, 0.15) is 17.4 Å². The Morgan fingerprint density at radius 2 is 2.33 bits per heavy atom. The van der Waals surface area contributed by atoms with Gasteiger partial charge in [0.25, 0.3) is 0 Å². The number of hydrogen-bond donors (Lipinski definition) is 1. The van der Waals surface area contributed by atoms with Crippen molar-refractivity contribution in [2.45, 2.75) is 6.92 Å². The van der Waals surface area contributed by atoms with Gasteiger partial charge in [-0.25, -0.2) is 4.79 Å². The van der Waals surface area contributed by atoms with Gasteiger partial charge in [0.05, 0.1) is 6.61 Å². The summed E-state index contributed by atoms with van der Waals surface area (Å²) in [4.78, 5) is 15.5. The van der Waals surface area contributed by atoms with Gasteiger partial charge in [0.15, 0.2) is 0 Å². The van der Waals surface area contributed by atoms with Crippen molar-refractivity contribution in [3.05, 3.63) is 35.0 Å². The molecule has 1 aromatic carbocycles. The first-order chi connectivity index (χ1) is 8.61. The van der Waals surface area contributed by atoms with Crippen LogP contribution in [0.25, 0.3) is 11.5 Å². The van der Waals surface area contributed by atoms with E-state index in [9.17, 15) is 4.79 Å². The van der Waals surface area contributed by atoms with Crippen molar-refractivity contribution in [2.24, 2.45) is 0 Å². The Morgan fingerprint density at radius 3 is 3.00 bits per heavy atom. The Balaban J connectivity index is 2.37. The number of halogens is 1. The molecule has 0 aliphatic heterocycles. The molecule has 0 fully saturated rings. The van der Waals surface area contributed by atoms with Crippen molar-refractivity contribution < 1.29 is 13.9 Å². The predicted octanol–water partition coefficient (Wildman–Crippen LogP) is 2.75. The van der Waals surface area contributed by atoms with E-state index >= 15 is 0 Å². The monoisotopic (exact) mass is 266 g/mol. The quantitative estimate of drug-likeness (QED) is 0.864. The Bertz CT molecular complexity index is 580. The van der Waals surface area contributed by atoms with Crippen LogP contribution in [0.3, 0.4) is 0 Å². The minimum absolute atomic E-state index is 0.0215. The normalized spacial score (nSPS) is 10.3. The van der Waals surface area contributed by atoms with Crippen LogP contribution in [-0.2, 0) is 4.74 Å². The molecule has 94 valence electrons. The van der Waals surface area contributed by atoms with Crippen LogP contribution in [0.4, 0.5) is 5.88 Å². The average Bonchev–Trinajstić information content (AvgIpc) is 2.72. The van der Waals surface area contributed by atoms with Gasteiger partial charge in [-0.15, -0.1) is 0 Å². The molecule has 0 unspecified atom stereocenters. The summed E-state index contributed by atoms with van der Waals surface area (Å²) in [5.41, 5.74) is 6.21. The van der Waals surface area contributed by atoms with E-state index in [0.29, 0.717) is 10.6 Å². The van der Waals surface area contributed by atoms with Crippen LogP contribution in [0.2, 0.25) is 5.02 Å². The third kappa shape index (κ3) is 2.46. The summed E-state index contributed by atoms with van der Waals surface area (Å²) in [5.74, 6) is -0.437. The lowest BCUT2D eigenvalue weighted by Gasteiger charge is -1.96. The maximum Gasteiger partial charge on any atom is 0.362 e. The number of anilines is 1. The summed E-state index contributed by atoms with van der Waals surface area (Å²) >= 11 is 5.86. The molecular weight excluding hydrogens is 256 g/mol. The third-order valence-electron chi connectivity index (χ3n) is 2.19. The second-order valence-corrected chi connectivity index (χ2v) is 3.90. The molecule has 0 spiro atoms.